The molecule has 3 heteroatoms. The molecule has 1 aliphatic carbocycles. The van der Waals surface area contributed by atoms with Crippen molar-refractivity contribution in [3.8, 4) is 0 Å². The Morgan fingerprint density at radius 1 is 1.06 bits per heavy atom. The number of nitro benzene ring substituents is 1. The summed E-state index contributed by atoms with van der Waals surface area (Å²) in [4.78, 5) is 10.6. The highest BCUT2D eigenvalue weighted by Gasteiger charge is 2.37. The number of rotatable bonds is 1. The molecule has 1 aromatic rings. The molecular formula is C14H19NO2. The third-order valence-electron chi connectivity index (χ3n) is 4.05. The first kappa shape index (κ1) is 12.1. The largest absolute Gasteiger partial charge is 0.269 e. The molecule has 1 aromatic carbocycles. The van der Waals surface area contributed by atoms with Crippen LogP contribution in [0.25, 0.3) is 0 Å². The molecule has 2 rings (SSSR count). The first-order valence-electron chi connectivity index (χ1n) is 6.03. The Morgan fingerprint density at radius 3 is 2.12 bits per heavy atom. The summed E-state index contributed by atoms with van der Waals surface area (Å²) in [6, 6.07) is 5.33. The highest BCUT2D eigenvalue weighted by Crippen LogP contribution is 2.46. The molecule has 0 saturated heterocycles. The molecule has 0 amide bonds. The fourth-order valence-electron chi connectivity index (χ4n) is 2.69. The molecule has 17 heavy (non-hydrogen) atoms. The van der Waals surface area contributed by atoms with Gasteiger partial charge in [-0.1, -0.05) is 33.8 Å². The third-order valence-corrected chi connectivity index (χ3v) is 4.05. The topological polar surface area (TPSA) is 43.1 Å². The second-order valence-corrected chi connectivity index (χ2v) is 6.25. The number of nitrogens with zero attached hydrogens (tertiary/aromatic N) is 1. The smallest absolute Gasteiger partial charge is 0.258 e. The summed E-state index contributed by atoms with van der Waals surface area (Å²) in [6.45, 7) is 8.77. The van der Waals surface area contributed by atoms with Crippen LogP contribution in [0.15, 0.2) is 18.2 Å². The van der Waals surface area contributed by atoms with Crippen LogP contribution in [0.3, 0.4) is 0 Å². The fraction of sp³-hybridized carbons (Fsp3) is 0.571. The van der Waals surface area contributed by atoms with Crippen LogP contribution in [-0.4, -0.2) is 4.92 Å². The zero-order valence-electron chi connectivity index (χ0n) is 10.9. The van der Waals surface area contributed by atoms with Gasteiger partial charge in [0.1, 0.15) is 0 Å². The van der Waals surface area contributed by atoms with E-state index in [4.69, 9.17) is 0 Å². The Labute approximate surface area is 102 Å². The van der Waals surface area contributed by atoms with Gasteiger partial charge >= 0.3 is 0 Å². The summed E-state index contributed by atoms with van der Waals surface area (Å²) in [5.74, 6) is 0. The molecule has 3 nitrogen and oxygen atoms in total. The number of hydrogen-bond donors (Lipinski definition) is 0. The molecule has 0 saturated carbocycles. The monoisotopic (exact) mass is 241 g/mol. The molecular weight excluding hydrogens is 222 g/mol. The minimum Gasteiger partial charge on any atom is -0.258 e. The van der Waals surface area contributed by atoms with Crippen molar-refractivity contribution in [1.29, 1.82) is 0 Å². The number of fused-ring (bicyclic) bond motifs is 1. The number of hydrogen-bond acceptors (Lipinski definition) is 2. The van der Waals surface area contributed by atoms with E-state index >= 15 is 0 Å². The zero-order chi connectivity index (χ0) is 12.8. The van der Waals surface area contributed by atoms with Crippen molar-refractivity contribution in [2.24, 2.45) is 0 Å². The first-order valence-corrected chi connectivity index (χ1v) is 6.03. The Balaban J connectivity index is 2.64. The molecule has 0 aliphatic heterocycles. The molecule has 0 unspecified atom stereocenters. The van der Waals surface area contributed by atoms with E-state index in [9.17, 15) is 10.1 Å². The van der Waals surface area contributed by atoms with Crippen molar-refractivity contribution in [3.63, 3.8) is 0 Å². The standard InChI is InChI=1S/C14H19NO2/c1-13(2)7-8-14(3,4)12-9-10(15(16)17)5-6-11(12)13/h5-6,9H,7-8H2,1-4H3/i1+2,2+2,3+2,4+2. The summed E-state index contributed by atoms with van der Waals surface area (Å²) in [5, 5.41) is 10.9. The van der Waals surface area contributed by atoms with Crippen molar-refractivity contribution in [3.05, 3.63) is 39.4 Å². The highest BCUT2D eigenvalue weighted by atomic mass is 16.6. The predicted molar refractivity (Wildman–Crippen MR) is 68.4 cm³/mol. The molecule has 0 heterocycles. The second kappa shape index (κ2) is 3.56. The van der Waals surface area contributed by atoms with Crippen LogP contribution in [0.5, 0.6) is 0 Å². The summed E-state index contributed by atoms with van der Waals surface area (Å²) in [5.41, 5.74) is 2.77. The first-order chi connectivity index (χ1) is 7.74. The normalized spacial score (nSPS) is 20.7. The molecule has 0 fully saturated rings. The SMILES string of the molecule is [14CH3]C1([14CH3])CCC([14CH3])([14CH3])c2cc([N+](=O)[O-])ccc21. The number of non-ortho nitro benzene ring substituents is 1. The van der Waals surface area contributed by atoms with Crippen LogP contribution in [-0.2, 0) is 10.8 Å². The van der Waals surface area contributed by atoms with Crippen LogP contribution in [0.1, 0.15) is 51.7 Å². The lowest BCUT2D eigenvalue weighted by Gasteiger charge is -2.41. The van der Waals surface area contributed by atoms with Crippen LogP contribution in [0.2, 0.25) is 0 Å². The molecule has 0 bridgehead atoms. The van der Waals surface area contributed by atoms with Crippen LogP contribution >= 0.6 is 0 Å². The van der Waals surface area contributed by atoms with Crippen molar-refractivity contribution >= 4 is 5.69 Å². The van der Waals surface area contributed by atoms with Gasteiger partial charge in [0.2, 0.25) is 0 Å². The maximum Gasteiger partial charge on any atom is 0.269 e. The van der Waals surface area contributed by atoms with Gasteiger partial charge in [-0.25, -0.2) is 0 Å². The average molecular weight is 241 g/mol. The van der Waals surface area contributed by atoms with E-state index in [1.165, 1.54) is 5.56 Å². The van der Waals surface area contributed by atoms with E-state index < -0.39 is 0 Å². The molecule has 0 aromatic heterocycles. The van der Waals surface area contributed by atoms with Gasteiger partial charge in [-0.2, -0.15) is 0 Å². The van der Waals surface area contributed by atoms with Gasteiger partial charge in [0.15, 0.2) is 0 Å². The Kier molecular flexibility index (Phi) is 2.53. The molecule has 1 aliphatic rings. The van der Waals surface area contributed by atoms with Gasteiger partial charge in [-0.15, -0.1) is 0 Å². The Hall–Kier alpha value is -1.38. The van der Waals surface area contributed by atoms with E-state index in [2.05, 4.69) is 27.7 Å². The maximum atomic E-state index is 10.9. The van der Waals surface area contributed by atoms with Gasteiger partial charge in [0.25, 0.3) is 5.69 Å². The number of benzene rings is 1. The van der Waals surface area contributed by atoms with Crippen molar-refractivity contribution in [2.45, 2.75) is 51.4 Å². The van der Waals surface area contributed by atoms with E-state index in [0.29, 0.717) is 0 Å². The predicted octanol–water partition coefficient (Wildman–Crippen LogP) is 3.94. The summed E-state index contributed by atoms with van der Waals surface area (Å²) < 4.78 is 0. The minimum atomic E-state index is -0.308. The summed E-state index contributed by atoms with van der Waals surface area (Å²) in [6.07, 6.45) is 2.21. The average Bonchev–Trinajstić information content (AvgIpc) is 2.24. The van der Waals surface area contributed by atoms with E-state index in [1.54, 1.807) is 12.1 Å². The van der Waals surface area contributed by atoms with Gasteiger partial charge in [-0.3, -0.25) is 10.1 Å². The zero-order valence-corrected chi connectivity index (χ0v) is 10.9. The fourth-order valence-corrected chi connectivity index (χ4v) is 2.69. The van der Waals surface area contributed by atoms with Gasteiger partial charge in [0, 0.05) is 12.1 Å². The van der Waals surface area contributed by atoms with Crippen molar-refractivity contribution < 1.29 is 4.92 Å². The molecule has 92 valence electrons. The number of nitro groups is 1. The highest BCUT2D eigenvalue weighted by molar-refractivity contribution is 5.48. The Morgan fingerprint density at radius 2 is 1.59 bits per heavy atom. The quantitative estimate of drug-likeness (QED) is 0.552. The van der Waals surface area contributed by atoms with Crippen LogP contribution in [0.4, 0.5) is 5.69 Å². The van der Waals surface area contributed by atoms with Gasteiger partial charge < -0.3 is 0 Å². The molecule has 0 N–H and O–H groups in total. The minimum absolute atomic E-state index is 0.0386. The maximum absolute atomic E-state index is 10.9. The lowest BCUT2D eigenvalue weighted by molar-refractivity contribution is -0.385. The second-order valence-electron chi connectivity index (χ2n) is 6.25. The third kappa shape index (κ3) is 1.94. The Bertz CT molecular complexity index is 475. The lowest BCUT2D eigenvalue weighted by Crippen LogP contribution is -2.33. The van der Waals surface area contributed by atoms with E-state index in [0.717, 1.165) is 18.4 Å². The van der Waals surface area contributed by atoms with Gasteiger partial charge in [0.05, 0.1) is 4.92 Å². The van der Waals surface area contributed by atoms with E-state index in [-0.39, 0.29) is 21.4 Å². The summed E-state index contributed by atoms with van der Waals surface area (Å²) in [7, 11) is 0. The lowest BCUT2D eigenvalue weighted by atomic mass is 9.77. The molecule has 0 atom stereocenters. The molecule has 0 radical (unpaired) electrons. The van der Waals surface area contributed by atoms with Crippen molar-refractivity contribution in [2.75, 3.05) is 0 Å². The van der Waals surface area contributed by atoms with E-state index in [1.807, 2.05) is 6.07 Å². The molecule has 0 spiro atoms. The van der Waals surface area contributed by atoms with Crippen LogP contribution < -0.4 is 0 Å². The summed E-state index contributed by atoms with van der Waals surface area (Å²) >= 11 is 0. The van der Waals surface area contributed by atoms with Crippen molar-refractivity contribution in [1.82, 2.24) is 0 Å². The van der Waals surface area contributed by atoms with Crippen LogP contribution in [0, 0.1) is 10.1 Å². The van der Waals surface area contributed by atoms with Gasteiger partial charge in [-0.05, 0) is 34.8 Å².